The van der Waals surface area contributed by atoms with Crippen LogP contribution in [0.1, 0.15) is 31.2 Å². The molecular formula is C25H31FN2O6. The zero-order valence-corrected chi connectivity index (χ0v) is 19.4. The molecule has 0 aromatic heterocycles. The van der Waals surface area contributed by atoms with Crippen molar-refractivity contribution in [1.29, 1.82) is 0 Å². The summed E-state index contributed by atoms with van der Waals surface area (Å²) >= 11 is 0. The number of aliphatic hydroxyl groups is 1. The number of carbonyl (C=O) groups is 2. The van der Waals surface area contributed by atoms with Gasteiger partial charge >= 0.3 is 0 Å². The molecule has 0 spiro atoms. The lowest BCUT2D eigenvalue weighted by molar-refractivity contribution is -0.123. The third-order valence-electron chi connectivity index (χ3n) is 5.84. The molecule has 0 radical (unpaired) electrons. The summed E-state index contributed by atoms with van der Waals surface area (Å²) in [5, 5.41) is 15.9. The number of hydrogen-bond donors (Lipinski definition) is 3. The van der Waals surface area contributed by atoms with Gasteiger partial charge in [0.05, 0.1) is 14.2 Å². The Bertz CT molecular complexity index is 1000. The summed E-state index contributed by atoms with van der Waals surface area (Å²) in [6.07, 6.45) is 1.11. The molecule has 1 heterocycles. The molecule has 3 rings (SSSR count). The fourth-order valence-electron chi connectivity index (χ4n) is 4.00. The van der Waals surface area contributed by atoms with Crippen molar-refractivity contribution in [2.24, 2.45) is 0 Å². The smallest absolute Gasteiger partial charge is 0.220 e. The summed E-state index contributed by atoms with van der Waals surface area (Å²) < 4.78 is 29.5. The fraction of sp³-hybridized carbons (Fsp3) is 0.440. The van der Waals surface area contributed by atoms with Gasteiger partial charge in [-0.15, -0.1) is 0 Å². The van der Waals surface area contributed by atoms with E-state index >= 15 is 0 Å². The number of aliphatic hydroxyl groups excluding tert-OH is 1. The summed E-state index contributed by atoms with van der Waals surface area (Å²) in [5.74, 6) is 0.578. The highest BCUT2D eigenvalue weighted by molar-refractivity contribution is 5.80. The molecule has 34 heavy (non-hydrogen) atoms. The number of nitrogens with one attached hydrogen (secondary N) is 2. The number of methoxy groups -OCH3 is 2. The lowest BCUT2D eigenvalue weighted by Gasteiger charge is -2.29. The SMILES string of the molecule is COc1cccc(OC[C@@H](O)CNC(=O)CC[C@@]2(Cc3ccc(F)c(OC)c3)CCC(=O)N2)c1. The average molecular weight is 475 g/mol. The van der Waals surface area contributed by atoms with E-state index in [0.29, 0.717) is 37.2 Å². The van der Waals surface area contributed by atoms with Crippen molar-refractivity contribution in [3.05, 3.63) is 53.8 Å². The highest BCUT2D eigenvalue weighted by atomic mass is 19.1. The minimum absolute atomic E-state index is 0.0137. The molecule has 2 aromatic carbocycles. The highest BCUT2D eigenvalue weighted by Gasteiger charge is 2.38. The second-order valence-electron chi connectivity index (χ2n) is 8.42. The van der Waals surface area contributed by atoms with Gasteiger partial charge in [0.25, 0.3) is 0 Å². The molecular weight excluding hydrogens is 443 g/mol. The van der Waals surface area contributed by atoms with E-state index in [1.54, 1.807) is 43.5 Å². The van der Waals surface area contributed by atoms with E-state index in [0.717, 1.165) is 5.56 Å². The van der Waals surface area contributed by atoms with Crippen LogP contribution in [-0.2, 0) is 16.0 Å². The first-order valence-electron chi connectivity index (χ1n) is 11.2. The first kappa shape index (κ1) is 25.3. The van der Waals surface area contributed by atoms with Crippen LogP contribution in [0.2, 0.25) is 0 Å². The monoisotopic (exact) mass is 474 g/mol. The number of halogens is 1. The van der Waals surface area contributed by atoms with Crippen molar-refractivity contribution in [2.45, 2.75) is 43.7 Å². The highest BCUT2D eigenvalue weighted by Crippen LogP contribution is 2.31. The third kappa shape index (κ3) is 7.08. The van der Waals surface area contributed by atoms with Gasteiger partial charge in [0, 0.05) is 31.0 Å². The molecule has 8 nitrogen and oxygen atoms in total. The minimum atomic E-state index is -0.887. The van der Waals surface area contributed by atoms with Crippen LogP contribution in [0.25, 0.3) is 0 Å². The molecule has 2 aromatic rings. The lowest BCUT2D eigenvalue weighted by Crippen LogP contribution is -2.45. The number of carbonyl (C=O) groups excluding carboxylic acids is 2. The van der Waals surface area contributed by atoms with Crippen molar-refractivity contribution in [3.8, 4) is 17.2 Å². The second kappa shape index (κ2) is 11.7. The molecule has 1 saturated heterocycles. The Morgan fingerprint density at radius 1 is 1.21 bits per heavy atom. The normalized spacial score (nSPS) is 18.2. The average Bonchev–Trinajstić information content (AvgIpc) is 3.21. The molecule has 2 amide bonds. The molecule has 9 heteroatoms. The zero-order chi connectivity index (χ0) is 24.6. The molecule has 184 valence electrons. The lowest BCUT2D eigenvalue weighted by atomic mass is 9.85. The van der Waals surface area contributed by atoms with Crippen LogP contribution >= 0.6 is 0 Å². The van der Waals surface area contributed by atoms with Gasteiger partial charge in [-0.1, -0.05) is 12.1 Å². The van der Waals surface area contributed by atoms with E-state index in [1.807, 2.05) is 0 Å². The van der Waals surface area contributed by atoms with E-state index in [1.165, 1.54) is 13.2 Å². The number of amides is 2. The molecule has 0 saturated carbocycles. The van der Waals surface area contributed by atoms with Crippen LogP contribution in [0.4, 0.5) is 4.39 Å². The van der Waals surface area contributed by atoms with Crippen LogP contribution in [0.5, 0.6) is 17.2 Å². The molecule has 3 N–H and O–H groups in total. The molecule has 1 fully saturated rings. The van der Waals surface area contributed by atoms with Gasteiger partial charge in [0.15, 0.2) is 11.6 Å². The Hall–Kier alpha value is -3.33. The predicted octanol–water partition coefficient (Wildman–Crippen LogP) is 2.37. The van der Waals surface area contributed by atoms with Crippen LogP contribution in [0, 0.1) is 5.82 Å². The largest absolute Gasteiger partial charge is 0.497 e. The molecule has 1 aliphatic rings. The van der Waals surface area contributed by atoms with Crippen LogP contribution in [-0.4, -0.2) is 55.9 Å². The van der Waals surface area contributed by atoms with Crippen molar-refractivity contribution >= 4 is 11.8 Å². The second-order valence-corrected chi connectivity index (χ2v) is 8.42. The molecule has 1 aliphatic heterocycles. The van der Waals surface area contributed by atoms with Gasteiger partial charge in [0.1, 0.15) is 24.2 Å². The summed E-state index contributed by atoms with van der Waals surface area (Å²) in [5.41, 5.74) is 0.219. The fourth-order valence-corrected chi connectivity index (χ4v) is 4.00. The zero-order valence-electron chi connectivity index (χ0n) is 19.4. The Balaban J connectivity index is 1.48. The quantitative estimate of drug-likeness (QED) is 0.436. The standard InChI is InChI=1S/C25H31FN2O6/c1-32-19-4-3-5-20(13-19)34-16-18(29)15-27-23(30)8-10-25(11-9-24(31)28-25)14-17-6-7-21(26)22(12-17)33-2/h3-7,12-13,18,29H,8-11,14-16H2,1-2H3,(H,27,30)(H,28,31)/t18-,25-/m0/s1. The first-order valence-corrected chi connectivity index (χ1v) is 11.2. The van der Waals surface area contributed by atoms with Crippen molar-refractivity contribution in [3.63, 3.8) is 0 Å². The number of ether oxygens (including phenoxy) is 3. The Morgan fingerprint density at radius 2 is 2.00 bits per heavy atom. The Labute approximate surface area is 198 Å². The Kier molecular flexibility index (Phi) is 8.70. The van der Waals surface area contributed by atoms with Gasteiger partial charge in [-0.3, -0.25) is 9.59 Å². The maximum Gasteiger partial charge on any atom is 0.220 e. The first-order chi connectivity index (χ1) is 16.3. The van der Waals surface area contributed by atoms with E-state index in [9.17, 15) is 19.1 Å². The van der Waals surface area contributed by atoms with Gasteiger partial charge in [-0.2, -0.15) is 0 Å². The number of hydrogen-bond acceptors (Lipinski definition) is 6. The number of rotatable bonds is 12. The van der Waals surface area contributed by atoms with Gasteiger partial charge < -0.3 is 30.0 Å². The minimum Gasteiger partial charge on any atom is -0.497 e. The van der Waals surface area contributed by atoms with Crippen LogP contribution in [0.3, 0.4) is 0 Å². The third-order valence-corrected chi connectivity index (χ3v) is 5.84. The molecule has 0 bridgehead atoms. The summed E-state index contributed by atoms with van der Waals surface area (Å²) in [6, 6.07) is 11.6. The topological polar surface area (TPSA) is 106 Å². The Morgan fingerprint density at radius 3 is 2.71 bits per heavy atom. The summed E-state index contributed by atoms with van der Waals surface area (Å²) in [6.45, 7) is 0.0527. The van der Waals surface area contributed by atoms with Crippen molar-refractivity contribution in [2.75, 3.05) is 27.4 Å². The summed E-state index contributed by atoms with van der Waals surface area (Å²) in [4.78, 5) is 24.4. The molecule has 0 unspecified atom stereocenters. The van der Waals surface area contributed by atoms with Crippen LogP contribution in [0.15, 0.2) is 42.5 Å². The van der Waals surface area contributed by atoms with Gasteiger partial charge in [-0.25, -0.2) is 4.39 Å². The summed E-state index contributed by atoms with van der Waals surface area (Å²) in [7, 11) is 2.96. The van der Waals surface area contributed by atoms with E-state index < -0.39 is 17.5 Å². The van der Waals surface area contributed by atoms with Crippen molar-refractivity contribution in [1.82, 2.24) is 10.6 Å². The van der Waals surface area contributed by atoms with Crippen LogP contribution < -0.4 is 24.8 Å². The van der Waals surface area contributed by atoms with Gasteiger partial charge in [0.2, 0.25) is 11.8 Å². The van der Waals surface area contributed by atoms with E-state index in [4.69, 9.17) is 14.2 Å². The van der Waals surface area contributed by atoms with Crippen molar-refractivity contribution < 1.29 is 33.3 Å². The maximum atomic E-state index is 13.7. The maximum absolute atomic E-state index is 13.7. The molecule has 2 atom stereocenters. The van der Waals surface area contributed by atoms with E-state index in [2.05, 4.69) is 10.6 Å². The van der Waals surface area contributed by atoms with Gasteiger partial charge in [-0.05, 0) is 49.1 Å². The molecule has 0 aliphatic carbocycles. The predicted molar refractivity (Wildman–Crippen MR) is 124 cm³/mol. The van der Waals surface area contributed by atoms with E-state index in [-0.39, 0.29) is 37.1 Å². The number of benzene rings is 2.